The van der Waals surface area contributed by atoms with Gasteiger partial charge in [0.05, 0.1) is 30.4 Å². The highest BCUT2D eigenvalue weighted by Gasteiger charge is 2.42. The molecular formula is C23H28N2O3S. The number of sulfone groups is 1. The Morgan fingerprint density at radius 3 is 2.55 bits per heavy atom. The first-order valence-corrected chi connectivity index (χ1v) is 11.7. The van der Waals surface area contributed by atoms with Crippen LogP contribution in [0.5, 0.6) is 5.75 Å². The van der Waals surface area contributed by atoms with Gasteiger partial charge in [0.2, 0.25) is 5.69 Å². The average molecular weight is 413 g/mol. The van der Waals surface area contributed by atoms with Crippen molar-refractivity contribution >= 4 is 15.5 Å². The topological polar surface area (TPSA) is 59.8 Å². The zero-order chi connectivity index (χ0) is 21.1. The zero-order valence-corrected chi connectivity index (χ0v) is 18.1. The molecule has 0 spiro atoms. The molecular weight excluding hydrogens is 384 g/mol. The first-order chi connectivity index (χ1) is 13.9. The second-order valence-corrected chi connectivity index (χ2v) is 9.62. The number of hydrogen-bond donors (Lipinski definition) is 1. The molecule has 2 aromatic carbocycles. The zero-order valence-electron chi connectivity index (χ0n) is 17.2. The lowest BCUT2D eigenvalue weighted by Crippen LogP contribution is -2.50. The molecule has 2 aromatic rings. The minimum atomic E-state index is -3.59. The molecule has 3 rings (SSSR count). The van der Waals surface area contributed by atoms with E-state index in [0.717, 1.165) is 24.8 Å². The highest BCUT2D eigenvalue weighted by Crippen LogP contribution is 2.42. The third kappa shape index (κ3) is 4.17. The summed E-state index contributed by atoms with van der Waals surface area (Å²) >= 11 is 0. The molecule has 1 N–H and O–H groups in total. The van der Waals surface area contributed by atoms with Crippen molar-refractivity contribution in [3.63, 3.8) is 0 Å². The van der Waals surface area contributed by atoms with Crippen molar-refractivity contribution in [1.29, 1.82) is 0 Å². The summed E-state index contributed by atoms with van der Waals surface area (Å²) in [6, 6.07) is 12.8. The van der Waals surface area contributed by atoms with Gasteiger partial charge in [-0.1, -0.05) is 57.0 Å². The molecule has 154 valence electrons. The number of unbranched alkanes of at least 4 members (excludes halogenated alkanes) is 1. The van der Waals surface area contributed by atoms with Crippen molar-refractivity contribution in [3.8, 4) is 5.75 Å². The fourth-order valence-electron chi connectivity index (χ4n) is 4.13. The van der Waals surface area contributed by atoms with Crippen molar-refractivity contribution < 1.29 is 13.2 Å². The Morgan fingerprint density at radius 2 is 1.97 bits per heavy atom. The van der Waals surface area contributed by atoms with Crippen LogP contribution in [0.2, 0.25) is 0 Å². The van der Waals surface area contributed by atoms with Crippen molar-refractivity contribution in [3.05, 3.63) is 65.0 Å². The largest absolute Gasteiger partial charge is 0.508 e. The molecule has 0 aliphatic carbocycles. The lowest BCUT2D eigenvalue weighted by Gasteiger charge is -2.36. The third-order valence-electron chi connectivity index (χ3n) is 5.81. The second-order valence-electron chi connectivity index (χ2n) is 7.66. The maximum atomic E-state index is 13.5. The van der Waals surface area contributed by atoms with Gasteiger partial charge in [-0.05, 0) is 36.1 Å². The van der Waals surface area contributed by atoms with Gasteiger partial charge in [-0.3, -0.25) is 5.32 Å². The van der Waals surface area contributed by atoms with E-state index >= 15 is 0 Å². The molecule has 5 nitrogen and oxygen atoms in total. The number of ether oxygens (including phenoxy) is 1. The predicted molar refractivity (Wildman–Crippen MR) is 115 cm³/mol. The summed E-state index contributed by atoms with van der Waals surface area (Å²) in [5.74, 6) is 0.422. The summed E-state index contributed by atoms with van der Waals surface area (Å²) in [4.78, 5) is 3.72. The van der Waals surface area contributed by atoms with Gasteiger partial charge in [-0.2, -0.15) is 0 Å². The molecule has 1 aliphatic rings. The molecule has 0 radical (unpaired) electrons. The first kappa shape index (κ1) is 21.4. The molecule has 0 bridgehead atoms. The van der Waals surface area contributed by atoms with Gasteiger partial charge < -0.3 is 4.74 Å². The van der Waals surface area contributed by atoms with Crippen LogP contribution in [0.25, 0.3) is 4.85 Å². The Bertz CT molecular complexity index is 1010. The Balaban J connectivity index is 2.29. The van der Waals surface area contributed by atoms with Crippen LogP contribution in [0.1, 0.15) is 56.7 Å². The van der Waals surface area contributed by atoms with E-state index in [-0.39, 0.29) is 22.4 Å². The van der Waals surface area contributed by atoms with E-state index in [1.807, 2.05) is 37.3 Å². The Labute approximate surface area is 173 Å². The summed E-state index contributed by atoms with van der Waals surface area (Å²) in [6.45, 7) is 11.6. The summed E-state index contributed by atoms with van der Waals surface area (Å²) in [6.07, 6.45) is 3.44. The van der Waals surface area contributed by atoms with Crippen molar-refractivity contribution in [2.24, 2.45) is 0 Å². The van der Waals surface area contributed by atoms with Crippen LogP contribution in [0.3, 0.4) is 0 Å². The second kappa shape index (κ2) is 8.56. The molecule has 0 unspecified atom stereocenters. The number of fused-ring (bicyclic) bond motifs is 1. The van der Waals surface area contributed by atoms with E-state index in [2.05, 4.69) is 17.1 Å². The van der Waals surface area contributed by atoms with Crippen LogP contribution in [-0.4, -0.2) is 26.8 Å². The molecule has 6 heteroatoms. The Morgan fingerprint density at radius 1 is 1.24 bits per heavy atom. The highest BCUT2D eigenvalue weighted by atomic mass is 32.2. The van der Waals surface area contributed by atoms with E-state index in [1.165, 1.54) is 13.2 Å². The lowest BCUT2D eigenvalue weighted by atomic mass is 9.88. The number of methoxy groups -OCH3 is 1. The molecule has 1 aliphatic heterocycles. The SMILES string of the molecule is [C-]#[N+]c1cc2c(cc1OC)[C@@H](c1ccccc1)N[C@](CC)(CCCC)CS2(=O)=O. The van der Waals surface area contributed by atoms with Gasteiger partial charge in [0.15, 0.2) is 9.84 Å². The third-order valence-corrected chi connectivity index (χ3v) is 7.77. The smallest absolute Gasteiger partial charge is 0.229 e. The Hall–Kier alpha value is -2.36. The minimum absolute atomic E-state index is 0.0244. The summed E-state index contributed by atoms with van der Waals surface area (Å²) < 4.78 is 32.4. The van der Waals surface area contributed by atoms with Gasteiger partial charge in [0.1, 0.15) is 5.75 Å². The summed E-state index contributed by atoms with van der Waals surface area (Å²) in [5.41, 5.74) is 1.34. The van der Waals surface area contributed by atoms with Crippen molar-refractivity contribution in [2.45, 2.75) is 56.0 Å². The van der Waals surface area contributed by atoms with Crippen molar-refractivity contribution in [2.75, 3.05) is 12.9 Å². The quantitative estimate of drug-likeness (QED) is 0.675. The normalized spacial score (nSPS) is 22.9. The van der Waals surface area contributed by atoms with Crippen LogP contribution < -0.4 is 10.1 Å². The van der Waals surface area contributed by atoms with E-state index in [0.29, 0.717) is 17.7 Å². The van der Waals surface area contributed by atoms with Gasteiger partial charge in [-0.25, -0.2) is 13.3 Å². The van der Waals surface area contributed by atoms with E-state index in [9.17, 15) is 8.42 Å². The van der Waals surface area contributed by atoms with Crippen LogP contribution in [-0.2, 0) is 9.84 Å². The molecule has 0 aromatic heterocycles. The number of benzene rings is 2. The molecule has 2 atom stereocenters. The van der Waals surface area contributed by atoms with E-state index in [1.54, 1.807) is 6.07 Å². The summed E-state index contributed by atoms with van der Waals surface area (Å²) in [5, 5.41) is 3.72. The molecule has 0 amide bonds. The van der Waals surface area contributed by atoms with Gasteiger partial charge >= 0.3 is 0 Å². The highest BCUT2D eigenvalue weighted by molar-refractivity contribution is 7.91. The van der Waals surface area contributed by atoms with Gasteiger partial charge in [-0.15, -0.1) is 0 Å². The van der Waals surface area contributed by atoms with E-state index in [4.69, 9.17) is 11.3 Å². The predicted octanol–water partition coefficient (Wildman–Crippen LogP) is 5.05. The number of nitrogens with zero attached hydrogens (tertiary/aromatic N) is 1. The molecule has 0 saturated carbocycles. The van der Waals surface area contributed by atoms with Crippen LogP contribution >= 0.6 is 0 Å². The molecule has 0 saturated heterocycles. The van der Waals surface area contributed by atoms with Gasteiger partial charge in [0.25, 0.3) is 0 Å². The van der Waals surface area contributed by atoms with Crippen LogP contribution in [0, 0.1) is 6.57 Å². The van der Waals surface area contributed by atoms with E-state index < -0.39 is 15.4 Å². The summed E-state index contributed by atoms with van der Waals surface area (Å²) in [7, 11) is -2.08. The molecule has 1 heterocycles. The Kier molecular flexibility index (Phi) is 6.30. The van der Waals surface area contributed by atoms with Gasteiger partial charge in [0, 0.05) is 5.54 Å². The number of hydrogen-bond acceptors (Lipinski definition) is 4. The average Bonchev–Trinajstić information content (AvgIpc) is 2.84. The van der Waals surface area contributed by atoms with Crippen LogP contribution in [0.15, 0.2) is 47.4 Å². The first-order valence-electron chi connectivity index (χ1n) is 10.0. The maximum absolute atomic E-state index is 13.5. The standard InChI is InChI=1S/C23H28N2O3S/c1-5-7-13-23(6-2)16-29(26,27)21-15-19(24-3)20(28-4)14-18(21)22(25-23)17-11-9-8-10-12-17/h8-12,14-15,22,25H,5-7,13,16H2,1-2,4H3/t22-,23-/m1/s1. The monoisotopic (exact) mass is 412 g/mol. The lowest BCUT2D eigenvalue weighted by molar-refractivity contribution is 0.294. The maximum Gasteiger partial charge on any atom is 0.229 e. The minimum Gasteiger partial charge on any atom is -0.508 e. The van der Waals surface area contributed by atoms with Crippen LogP contribution in [0.4, 0.5) is 5.69 Å². The molecule has 29 heavy (non-hydrogen) atoms. The number of rotatable bonds is 6. The molecule has 0 fully saturated rings. The van der Waals surface area contributed by atoms with Crippen molar-refractivity contribution in [1.82, 2.24) is 5.32 Å². The number of nitrogens with one attached hydrogen (secondary N) is 1. The fraction of sp³-hybridized carbons (Fsp3) is 0.435. The fourth-order valence-corrected chi connectivity index (χ4v) is 6.27.